The molecule has 6 rings (SSSR count). The fraction of sp³-hybridized carbons (Fsp3) is 0.407. The highest BCUT2D eigenvalue weighted by Gasteiger charge is 2.59. The third-order valence-electron chi connectivity index (χ3n) is 7.86. The van der Waals surface area contributed by atoms with Gasteiger partial charge in [0.15, 0.2) is 12.1 Å². The second-order valence-corrected chi connectivity index (χ2v) is 9.90. The van der Waals surface area contributed by atoms with Crippen molar-refractivity contribution in [1.29, 1.82) is 0 Å². The van der Waals surface area contributed by atoms with Crippen molar-refractivity contribution < 1.29 is 14.4 Å². The minimum atomic E-state index is -0.903. The molecule has 3 heterocycles. The van der Waals surface area contributed by atoms with Crippen molar-refractivity contribution in [3.8, 4) is 0 Å². The number of nitrogens with one attached hydrogen (secondary N) is 1. The van der Waals surface area contributed by atoms with E-state index in [0.717, 1.165) is 54.8 Å². The lowest BCUT2D eigenvalue weighted by Crippen LogP contribution is -2.31. The average Bonchev–Trinajstić information content (AvgIpc) is 3.21. The van der Waals surface area contributed by atoms with Gasteiger partial charge in [0.2, 0.25) is 0 Å². The third-order valence-corrected chi connectivity index (χ3v) is 7.86. The molecular formula is C27H30N4O4. The van der Waals surface area contributed by atoms with E-state index in [-0.39, 0.29) is 5.92 Å². The number of ether oxygens (including phenoxy) is 1. The maximum atomic E-state index is 11.9. The predicted molar refractivity (Wildman–Crippen MR) is 133 cm³/mol. The van der Waals surface area contributed by atoms with Gasteiger partial charge in [0.25, 0.3) is 0 Å². The number of hydrogen-bond donors (Lipinski definition) is 2. The minimum Gasteiger partial charge on any atom is -0.381 e. The maximum absolute atomic E-state index is 11.9. The van der Waals surface area contributed by atoms with E-state index in [1.165, 1.54) is 5.56 Å². The van der Waals surface area contributed by atoms with Crippen LogP contribution in [0.1, 0.15) is 55.4 Å². The summed E-state index contributed by atoms with van der Waals surface area (Å²) in [6.07, 6.45) is 1.91. The van der Waals surface area contributed by atoms with Crippen LogP contribution in [-0.2, 0) is 10.3 Å². The monoisotopic (exact) mass is 474 g/mol. The van der Waals surface area contributed by atoms with Gasteiger partial charge in [0, 0.05) is 36.9 Å². The number of rotatable bonds is 6. The molecule has 1 saturated heterocycles. The van der Waals surface area contributed by atoms with E-state index in [1.807, 2.05) is 42.3 Å². The summed E-state index contributed by atoms with van der Waals surface area (Å²) >= 11 is 0. The summed E-state index contributed by atoms with van der Waals surface area (Å²) in [7, 11) is 1.89. The number of aromatic amines is 1. The lowest BCUT2D eigenvalue weighted by molar-refractivity contribution is 0.0853. The van der Waals surface area contributed by atoms with Crippen LogP contribution in [-0.4, -0.2) is 40.1 Å². The van der Waals surface area contributed by atoms with Crippen molar-refractivity contribution in [2.45, 2.75) is 43.9 Å². The largest absolute Gasteiger partial charge is 0.438 e. The van der Waals surface area contributed by atoms with E-state index in [4.69, 9.17) is 9.26 Å². The molecule has 4 aromatic rings. The van der Waals surface area contributed by atoms with Crippen molar-refractivity contribution in [2.75, 3.05) is 25.2 Å². The number of aliphatic hydroxyl groups excluding tert-OH is 1. The van der Waals surface area contributed by atoms with Gasteiger partial charge in [-0.1, -0.05) is 36.3 Å². The summed E-state index contributed by atoms with van der Waals surface area (Å²) < 4.78 is 12.6. The van der Waals surface area contributed by atoms with Crippen LogP contribution < -0.4 is 10.7 Å². The maximum Gasteiger partial charge on any atom is 0.438 e. The number of anilines is 1. The van der Waals surface area contributed by atoms with Crippen LogP contribution in [0, 0.1) is 5.92 Å². The molecule has 1 unspecified atom stereocenters. The topological polar surface area (TPSA) is 96.5 Å². The number of nitrogens with zero attached hydrogens (tertiary/aromatic N) is 3. The van der Waals surface area contributed by atoms with E-state index >= 15 is 0 Å². The van der Waals surface area contributed by atoms with Gasteiger partial charge in [-0.05, 0) is 67.0 Å². The molecule has 0 radical (unpaired) electrons. The zero-order valence-electron chi connectivity index (χ0n) is 20.0. The van der Waals surface area contributed by atoms with Gasteiger partial charge in [0.05, 0.1) is 5.69 Å². The Balaban J connectivity index is 1.51. The molecule has 2 aliphatic rings. The highest BCUT2D eigenvalue weighted by Crippen LogP contribution is 2.56. The quantitative estimate of drug-likeness (QED) is 0.408. The molecule has 1 saturated carbocycles. The Kier molecular flexibility index (Phi) is 5.30. The minimum absolute atomic E-state index is 0.210. The smallest absolute Gasteiger partial charge is 0.381 e. The van der Waals surface area contributed by atoms with Crippen LogP contribution in [0.3, 0.4) is 0 Å². The Labute approximate surface area is 203 Å². The number of fused-ring (bicyclic) bond motifs is 1. The second kappa shape index (κ2) is 8.39. The van der Waals surface area contributed by atoms with Crippen LogP contribution in [0.25, 0.3) is 10.9 Å². The molecule has 2 aromatic heterocycles. The zero-order chi connectivity index (χ0) is 24.2. The van der Waals surface area contributed by atoms with E-state index in [2.05, 4.69) is 45.9 Å². The van der Waals surface area contributed by atoms with Gasteiger partial charge in [-0.25, -0.2) is 4.79 Å². The van der Waals surface area contributed by atoms with Crippen LogP contribution in [0.5, 0.6) is 0 Å². The normalized spacial score (nSPS) is 23.5. The Morgan fingerprint density at radius 3 is 2.57 bits per heavy atom. The highest BCUT2D eigenvalue weighted by atomic mass is 16.5. The average molecular weight is 475 g/mol. The molecule has 35 heavy (non-hydrogen) atoms. The molecule has 2 aromatic carbocycles. The Morgan fingerprint density at radius 2 is 1.91 bits per heavy atom. The number of aromatic nitrogens is 3. The van der Waals surface area contributed by atoms with E-state index in [0.29, 0.717) is 11.7 Å². The third kappa shape index (κ3) is 3.59. The molecule has 1 aliphatic carbocycles. The molecule has 8 heteroatoms. The molecule has 0 bridgehead atoms. The number of H-pyrrole nitrogens is 1. The molecule has 2 N–H and O–H groups in total. The SMILES string of the molecule is C[C@H]1C[C@]1(c1noc(=O)[nH]1)n1c(C(O)N(C)c2ccccc2)cc2cc(C3CCOCC3)ccc21. The fourth-order valence-corrected chi connectivity index (χ4v) is 5.75. The molecule has 2 fully saturated rings. The zero-order valence-corrected chi connectivity index (χ0v) is 20.0. The van der Waals surface area contributed by atoms with Gasteiger partial charge in [0.1, 0.15) is 5.54 Å². The fourth-order valence-electron chi connectivity index (χ4n) is 5.75. The van der Waals surface area contributed by atoms with Crippen molar-refractivity contribution in [2.24, 2.45) is 5.92 Å². The number of aliphatic hydroxyl groups is 1. The van der Waals surface area contributed by atoms with Crippen molar-refractivity contribution in [3.05, 3.63) is 82.2 Å². The Hall–Kier alpha value is -3.36. The van der Waals surface area contributed by atoms with Gasteiger partial charge in [-0.2, -0.15) is 0 Å². The van der Waals surface area contributed by atoms with Gasteiger partial charge in [-0.15, -0.1) is 0 Å². The highest BCUT2D eigenvalue weighted by molar-refractivity contribution is 5.83. The number of para-hydroxylation sites is 1. The summed E-state index contributed by atoms with van der Waals surface area (Å²) in [5.41, 5.74) is 3.38. The molecule has 0 spiro atoms. The van der Waals surface area contributed by atoms with E-state index < -0.39 is 17.5 Å². The second-order valence-electron chi connectivity index (χ2n) is 9.90. The van der Waals surface area contributed by atoms with Crippen LogP contribution in [0.2, 0.25) is 0 Å². The Morgan fingerprint density at radius 1 is 1.17 bits per heavy atom. The standard InChI is InChI=1S/C27H30N4O4/c1-17-16-27(17,25-28-26(33)35-29-25)31-22-9-8-19(18-10-12-34-13-11-18)14-20(22)15-23(31)24(32)30(2)21-6-4-3-5-7-21/h3-9,14-15,17-18,24,32H,10-13,16H2,1-2H3,(H,28,29,33)/t17-,24?,27-/m0/s1. The molecule has 0 amide bonds. The Bertz CT molecular complexity index is 1400. The van der Waals surface area contributed by atoms with Gasteiger partial charge in [-0.3, -0.25) is 9.51 Å². The first-order valence-electron chi connectivity index (χ1n) is 12.2. The van der Waals surface area contributed by atoms with Crippen molar-refractivity contribution in [1.82, 2.24) is 14.7 Å². The summed E-state index contributed by atoms with van der Waals surface area (Å²) in [5.74, 6) is 0.608. The lowest BCUT2D eigenvalue weighted by atomic mass is 9.91. The molecular weight excluding hydrogens is 444 g/mol. The molecule has 3 atom stereocenters. The summed E-state index contributed by atoms with van der Waals surface area (Å²) in [6.45, 7) is 3.71. The summed E-state index contributed by atoms with van der Waals surface area (Å²) in [6, 6.07) is 18.5. The number of benzene rings is 2. The van der Waals surface area contributed by atoms with Crippen LogP contribution in [0.15, 0.2) is 63.9 Å². The predicted octanol–water partition coefficient (Wildman–Crippen LogP) is 4.12. The summed E-state index contributed by atoms with van der Waals surface area (Å²) in [4.78, 5) is 16.5. The molecule has 1 aliphatic heterocycles. The molecule has 8 nitrogen and oxygen atoms in total. The van der Waals surface area contributed by atoms with Crippen molar-refractivity contribution in [3.63, 3.8) is 0 Å². The first-order valence-corrected chi connectivity index (χ1v) is 12.2. The van der Waals surface area contributed by atoms with Crippen LogP contribution >= 0.6 is 0 Å². The first-order chi connectivity index (χ1) is 17.0. The van der Waals surface area contributed by atoms with Crippen molar-refractivity contribution >= 4 is 16.6 Å². The van der Waals surface area contributed by atoms with Gasteiger partial charge >= 0.3 is 5.76 Å². The van der Waals surface area contributed by atoms with E-state index in [9.17, 15) is 9.90 Å². The van der Waals surface area contributed by atoms with Crippen LogP contribution in [0.4, 0.5) is 5.69 Å². The summed E-state index contributed by atoms with van der Waals surface area (Å²) in [5, 5.41) is 16.8. The number of hydrogen-bond acceptors (Lipinski definition) is 6. The first kappa shape index (κ1) is 22.1. The lowest BCUT2D eigenvalue weighted by Gasteiger charge is -2.29. The van der Waals surface area contributed by atoms with Gasteiger partial charge < -0.3 is 19.3 Å². The van der Waals surface area contributed by atoms with E-state index in [1.54, 1.807) is 0 Å². The molecule has 182 valence electrons.